The van der Waals surface area contributed by atoms with Gasteiger partial charge < -0.3 is 16.0 Å². The van der Waals surface area contributed by atoms with E-state index in [1.54, 1.807) is 72.8 Å². The third kappa shape index (κ3) is 8.68. The molecular formula is C30H22Cl2N4O5S. The number of nitrogens with zero attached hydrogens (tertiary/aromatic N) is 1. The average molecular weight is 622 g/mol. The number of halogens is 2. The minimum absolute atomic E-state index is 0.0601. The number of nitrogens with one attached hydrogen (secondary N) is 3. The Morgan fingerprint density at radius 3 is 2.12 bits per heavy atom. The standard InChI is InChI=1S/C30H22Cl2N4O5S/c31-25-15-10-22(17-26(25)32)33-28(37)18-42-24-13-8-21(9-14-24)34-30(39)27(35-29(38)20-4-2-1-3-5-20)16-19-6-11-23(12-7-19)36(40)41/h1-17H,18H2,(H,33,37)(H,34,39)(H,35,38)/b27-16-. The number of anilines is 2. The number of non-ortho nitro benzene ring substituents is 1. The number of hydrogen-bond acceptors (Lipinski definition) is 6. The first kappa shape index (κ1) is 30.3. The highest BCUT2D eigenvalue weighted by Gasteiger charge is 2.16. The van der Waals surface area contributed by atoms with Crippen LogP contribution in [0.15, 0.2) is 108 Å². The molecule has 0 heterocycles. The zero-order valence-corrected chi connectivity index (χ0v) is 24.0. The summed E-state index contributed by atoms with van der Waals surface area (Å²) in [6.45, 7) is 0. The van der Waals surface area contributed by atoms with Crippen LogP contribution >= 0.6 is 35.0 Å². The first-order valence-electron chi connectivity index (χ1n) is 12.3. The van der Waals surface area contributed by atoms with E-state index in [0.29, 0.717) is 32.5 Å². The average Bonchev–Trinajstić information content (AvgIpc) is 2.99. The molecule has 42 heavy (non-hydrogen) atoms. The van der Waals surface area contributed by atoms with Gasteiger partial charge >= 0.3 is 0 Å². The maximum absolute atomic E-state index is 13.2. The molecule has 3 N–H and O–H groups in total. The van der Waals surface area contributed by atoms with Gasteiger partial charge in [0.25, 0.3) is 17.5 Å². The molecule has 0 aromatic heterocycles. The van der Waals surface area contributed by atoms with Crippen LogP contribution in [0.2, 0.25) is 10.0 Å². The van der Waals surface area contributed by atoms with Gasteiger partial charge in [-0.25, -0.2) is 0 Å². The van der Waals surface area contributed by atoms with Crippen LogP contribution in [0.5, 0.6) is 0 Å². The maximum Gasteiger partial charge on any atom is 0.272 e. The molecule has 3 amide bonds. The summed E-state index contributed by atoms with van der Waals surface area (Å²) in [5.41, 5.74) is 1.65. The van der Waals surface area contributed by atoms with Gasteiger partial charge in [-0.05, 0) is 78.4 Å². The summed E-state index contributed by atoms with van der Waals surface area (Å²) in [6, 6.07) is 25.6. The highest BCUT2D eigenvalue weighted by Crippen LogP contribution is 2.26. The summed E-state index contributed by atoms with van der Waals surface area (Å²) in [4.78, 5) is 49.6. The topological polar surface area (TPSA) is 130 Å². The van der Waals surface area contributed by atoms with Crippen molar-refractivity contribution in [3.63, 3.8) is 0 Å². The fraction of sp³-hybridized carbons (Fsp3) is 0.0333. The van der Waals surface area contributed by atoms with Gasteiger partial charge in [0.1, 0.15) is 5.70 Å². The molecule has 0 aliphatic carbocycles. The van der Waals surface area contributed by atoms with E-state index < -0.39 is 16.7 Å². The fourth-order valence-electron chi connectivity index (χ4n) is 3.55. The number of nitro benzene ring substituents is 1. The van der Waals surface area contributed by atoms with E-state index in [1.807, 2.05) is 0 Å². The lowest BCUT2D eigenvalue weighted by Crippen LogP contribution is -2.30. The normalized spacial score (nSPS) is 11.0. The molecule has 0 unspecified atom stereocenters. The van der Waals surface area contributed by atoms with Crippen LogP contribution in [-0.2, 0) is 9.59 Å². The molecule has 0 spiro atoms. The third-order valence-electron chi connectivity index (χ3n) is 5.63. The Labute approximate surface area is 255 Å². The minimum Gasteiger partial charge on any atom is -0.325 e. The number of hydrogen-bond donors (Lipinski definition) is 3. The van der Waals surface area contributed by atoms with Crippen molar-refractivity contribution in [1.82, 2.24) is 5.32 Å². The lowest BCUT2D eigenvalue weighted by molar-refractivity contribution is -0.384. The third-order valence-corrected chi connectivity index (χ3v) is 7.38. The van der Waals surface area contributed by atoms with Crippen molar-refractivity contribution in [2.24, 2.45) is 0 Å². The van der Waals surface area contributed by atoms with E-state index in [2.05, 4.69) is 16.0 Å². The Balaban J connectivity index is 1.41. The molecule has 4 rings (SSSR count). The number of rotatable bonds is 10. The molecule has 4 aromatic rings. The molecule has 0 saturated heterocycles. The number of carbonyl (C=O) groups excluding carboxylic acids is 3. The number of amides is 3. The Kier molecular flexibility index (Phi) is 10.3. The molecule has 0 saturated carbocycles. The Morgan fingerprint density at radius 2 is 1.48 bits per heavy atom. The summed E-state index contributed by atoms with van der Waals surface area (Å²) in [7, 11) is 0. The van der Waals surface area contributed by atoms with Gasteiger partial charge in [0.05, 0.1) is 20.7 Å². The van der Waals surface area contributed by atoms with Gasteiger partial charge in [0.2, 0.25) is 5.91 Å². The highest BCUT2D eigenvalue weighted by molar-refractivity contribution is 8.00. The van der Waals surface area contributed by atoms with Crippen LogP contribution in [0, 0.1) is 10.1 Å². The van der Waals surface area contributed by atoms with Gasteiger partial charge in [-0.2, -0.15) is 0 Å². The van der Waals surface area contributed by atoms with Crippen molar-refractivity contribution in [2.75, 3.05) is 16.4 Å². The van der Waals surface area contributed by atoms with E-state index in [0.717, 1.165) is 4.90 Å². The van der Waals surface area contributed by atoms with Crippen LogP contribution < -0.4 is 16.0 Å². The van der Waals surface area contributed by atoms with Crippen molar-refractivity contribution in [3.05, 3.63) is 134 Å². The smallest absolute Gasteiger partial charge is 0.272 e. The van der Waals surface area contributed by atoms with E-state index in [4.69, 9.17) is 23.2 Å². The van der Waals surface area contributed by atoms with E-state index >= 15 is 0 Å². The SMILES string of the molecule is O=C(CSc1ccc(NC(=O)/C(=C/c2ccc([N+](=O)[O-])cc2)NC(=O)c2ccccc2)cc1)Nc1ccc(Cl)c(Cl)c1. The van der Waals surface area contributed by atoms with Gasteiger partial charge in [0.15, 0.2) is 0 Å². The molecule has 12 heteroatoms. The molecule has 0 atom stereocenters. The number of benzene rings is 4. The predicted molar refractivity (Wildman–Crippen MR) is 166 cm³/mol. The summed E-state index contributed by atoms with van der Waals surface area (Å²) in [5.74, 6) is -1.19. The maximum atomic E-state index is 13.2. The second-order valence-corrected chi connectivity index (χ2v) is 10.5. The molecule has 4 aromatic carbocycles. The summed E-state index contributed by atoms with van der Waals surface area (Å²) in [5, 5.41) is 19.8. The van der Waals surface area contributed by atoms with Gasteiger partial charge in [-0.3, -0.25) is 24.5 Å². The molecule has 9 nitrogen and oxygen atoms in total. The zero-order valence-electron chi connectivity index (χ0n) is 21.7. The van der Waals surface area contributed by atoms with Crippen LogP contribution in [0.3, 0.4) is 0 Å². The fourth-order valence-corrected chi connectivity index (χ4v) is 4.55. The minimum atomic E-state index is -0.598. The predicted octanol–water partition coefficient (Wildman–Crippen LogP) is 7.04. The molecule has 0 aliphatic rings. The molecule has 0 bridgehead atoms. The van der Waals surface area contributed by atoms with E-state index in [-0.39, 0.29) is 23.0 Å². The number of thioether (sulfide) groups is 1. The lowest BCUT2D eigenvalue weighted by Gasteiger charge is -2.12. The van der Waals surface area contributed by atoms with Crippen molar-refractivity contribution in [2.45, 2.75) is 4.90 Å². The summed E-state index contributed by atoms with van der Waals surface area (Å²) < 4.78 is 0. The molecule has 0 fully saturated rings. The molecule has 212 valence electrons. The molecular weight excluding hydrogens is 599 g/mol. The van der Waals surface area contributed by atoms with Crippen LogP contribution in [-0.4, -0.2) is 28.4 Å². The van der Waals surface area contributed by atoms with Crippen molar-refractivity contribution < 1.29 is 19.3 Å². The first-order chi connectivity index (χ1) is 20.2. The van der Waals surface area contributed by atoms with Crippen molar-refractivity contribution in [3.8, 4) is 0 Å². The summed E-state index contributed by atoms with van der Waals surface area (Å²) in [6.07, 6.45) is 1.43. The molecule has 0 radical (unpaired) electrons. The Bertz CT molecular complexity index is 1650. The highest BCUT2D eigenvalue weighted by atomic mass is 35.5. The van der Waals surface area contributed by atoms with Crippen molar-refractivity contribution >= 4 is 75.8 Å². The Hall–Kier alpha value is -4.64. The van der Waals surface area contributed by atoms with E-state index in [1.165, 1.54) is 42.1 Å². The van der Waals surface area contributed by atoms with Gasteiger partial charge in [-0.1, -0.05) is 41.4 Å². The van der Waals surface area contributed by atoms with E-state index in [9.17, 15) is 24.5 Å². The van der Waals surface area contributed by atoms with Crippen LogP contribution in [0.4, 0.5) is 17.1 Å². The van der Waals surface area contributed by atoms with Gasteiger partial charge in [-0.15, -0.1) is 11.8 Å². The number of nitro groups is 1. The number of carbonyl (C=O) groups is 3. The zero-order chi connectivity index (χ0) is 30.1. The summed E-state index contributed by atoms with van der Waals surface area (Å²) >= 11 is 13.2. The van der Waals surface area contributed by atoms with Gasteiger partial charge in [0, 0.05) is 34.0 Å². The van der Waals surface area contributed by atoms with Crippen molar-refractivity contribution in [1.29, 1.82) is 0 Å². The second-order valence-electron chi connectivity index (χ2n) is 8.67. The molecule has 0 aliphatic heterocycles. The first-order valence-corrected chi connectivity index (χ1v) is 14.0. The van der Waals surface area contributed by atoms with Crippen LogP contribution in [0.25, 0.3) is 6.08 Å². The second kappa shape index (κ2) is 14.3. The van der Waals surface area contributed by atoms with Crippen LogP contribution in [0.1, 0.15) is 15.9 Å². The lowest BCUT2D eigenvalue weighted by atomic mass is 10.1. The quantitative estimate of drug-likeness (QED) is 0.0754. The monoisotopic (exact) mass is 620 g/mol. The largest absolute Gasteiger partial charge is 0.325 e. The Morgan fingerprint density at radius 1 is 0.810 bits per heavy atom.